The van der Waals surface area contributed by atoms with E-state index in [0.29, 0.717) is 0 Å². The zero-order valence-corrected chi connectivity index (χ0v) is 10.2. The number of carbonyl (C=O) groups is 1. The summed E-state index contributed by atoms with van der Waals surface area (Å²) in [5, 5.41) is 8.37. The van der Waals surface area contributed by atoms with Crippen LogP contribution in [0.2, 0.25) is 0 Å². The maximum absolute atomic E-state index is 10.2. The van der Waals surface area contributed by atoms with Gasteiger partial charge in [-0.05, 0) is 5.56 Å². The Morgan fingerprint density at radius 1 is 1.27 bits per heavy atom. The van der Waals surface area contributed by atoms with Crippen LogP contribution in [0.25, 0.3) is 0 Å². The van der Waals surface area contributed by atoms with Crippen LogP contribution in [0.15, 0.2) is 30.3 Å². The SMILES string of the molecule is O=C(O)Cc1ccccc1.[SnH2]. The Balaban J connectivity index is 0.000001000. The third-order valence-corrected chi connectivity index (χ3v) is 1.20. The Labute approximate surface area is 82.2 Å². The van der Waals surface area contributed by atoms with Crippen molar-refractivity contribution in [1.82, 2.24) is 0 Å². The summed E-state index contributed by atoms with van der Waals surface area (Å²) in [6.45, 7) is 0. The summed E-state index contributed by atoms with van der Waals surface area (Å²) in [5.74, 6) is -0.786. The van der Waals surface area contributed by atoms with E-state index in [4.69, 9.17) is 5.11 Å². The van der Waals surface area contributed by atoms with Gasteiger partial charge in [0.1, 0.15) is 0 Å². The number of aliphatic carboxylic acids is 1. The second-order valence-corrected chi connectivity index (χ2v) is 2.06. The average molecular weight is 257 g/mol. The number of rotatable bonds is 2. The van der Waals surface area contributed by atoms with Crippen molar-refractivity contribution in [3.8, 4) is 0 Å². The van der Waals surface area contributed by atoms with Gasteiger partial charge >= 0.3 is 29.9 Å². The van der Waals surface area contributed by atoms with Gasteiger partial charge in [-0.1, -0.05) is 30.3 Å². The molecule has 0 unspecified atom stereocenters. The molecule has 2 radical (unpaired) electrons. The van der Waals surface area contributed by atoms with Gasteiger partial charge in [-0.15, -0.1) is 0 Å². The quantitative estimate of drug-likeness (QED) is 0.778. The maximum atomic E-state index is 10.2. The fourth-order valence-electron chi connectivity index (χ4n) is 0.770. The second kappa shape index (κ2) is 5.18. The molecule has 2 nitrogen and oxygen atoms in total. The number of carboxylic acid groups (broad SMARTS) is 1. The molecular weight excluding hydrogens is 247 g/mol. The Kier molecular flexibility index (Phi) is 4.94. The van der Waals surface area contributed by atoms with Gasteiger partial charge in [0, 0.05) is 0 Å². The van der Waals surface area contributed by atoms with E-state index < -0.39 is 5.97 Å². The van der Waals surface area contributed by atoms with Crippen molar-refractivity contribution in [3.05, 3.63) is 35.9 Å². The fourth-order valence-corrected chi connectivity index (χ4v) is 0.770. The molecule has 0 spiro atoms. The first-order valence-corrected chi connectivity index (χ1v) is 3.05. The van der Waals surface area contributed by atoms with Gasteiger partial charge in [0.2, 0.25) is 0 Å². The molecule has 0 aliphatic carbocycles. The van der Waals surface area contributed by atoms with E-state index in [1.165, 1.54) is 0 Å². The second-order valence-electron chi connectivity index (χ2n) is 2.06. The third-order valence-electron chi connectivity index (χ3n) is 1.20. The Bertz CT molecular complexity index is 221. The summed E-state index contributed by atoms with van der Waals surface area (Å²) in [6, 6.07) is 9.13. The van der Waals surface area contributed by atoms with Crippen LogP contribution in [0.5, 0.6) is 0 Å². The molecule has 0 fully saturated rings. The van der Waals surface area contributed by atoms with Crippen LogP contribution in [-0.2, 0) is 11.2 Å². The first-order chi connectivity index (χ1) is 4.79. The summed E-state index contributed by atoms with van der Waals surface area (Å²) in [6.07, 6.45) is 0.112. The van der Waals surface area contributed by atoms with Gasteiger partial charge in [0.05, 0.1) is 6.42 Å². The predicted molar refractivity (Wildman–Crippen MR) is 46.3 cm³/mol. The molecule has 0 saturated carbocycles. The van der Waals surface area contributed by atoms with E-state index in [9.17, 15) is 4.79 Å². The van der Waals surface area contributed by atoms with Crippen LogP contribution >= 0.6 is 0 Å². The van der Waals surface area contributed by atoms with Gasteiger partial charge in [-0.25, -0.2) is 0 Å². The Hall–Kier alpha value is -0.511. The molecule has 1 aromatic rings. The number of benzene rings is 1. The summed E-state index contributed by atoms with van der Waals surface area (Å²) in [4.78, 5) is 10.2. The molecule has 0 aromatic heterocycles. The molecule has 1 aromatic carbocycles. The van der Waals surface area contributed by atoms with Crippen molar-refractivity contribution >= 4 is 29.9 Å². The molecule has 1 N–H and O–H groups in total. The minimum absolute atomic E-state index is 0. The molecule has 58 valence electrons. The van der Waals surface area contributed by atoms with Crippen molar-refractivity contribution in [3.63, 3.8) is 0 Å². The first-order valence-electron chi connectivity index (χ1n) is 3.05. The predicted octanol–water partition coefficient (Wildman–Crippen LogP) is 0.398. The number of hydrogen-bond acceptors (Lipinski definition) is 1. The van der Waals surface area contributed by atoms with Gasteiger partial charge in [0.25, 0.3) is 0 Å². The molecule has 0 aliphatic heterocycles. The Morgan fingerprint density at radius 2 is 1.82 bits per heavy atom. The summed E-state index contributed by atoms with van der Waals surface area (Å²) >= 11 is 0. The minimum atomic E-state index is -0.786. The van der Waals surface area contributed by atoms with Crippen molar-refractivity contribution in [2.45, 2.75) is 6.42 Å². The van der Waals surface area contributed by atoms with Gasteiger partial charge < -0.3 is 5.11 Å². The number of carboxylic acids is 1. The monoisotopic (exact) mass is 258 g/mol. The van der Waals surface area contributed by atoms with Gasteiger partial charge in [-0.3, -0.25) is 4.79 Å². The van der Waals surface area contributed by atoms with Crippen molar-refractivity contribution in [2.24, 2.45) is 0 Å². The molecule has 0 aliphatic rings. The van der Waals surface area contributed by atoms with E-state index >= 15 is 0 Å². The molecule has 3 heteroatoms. The number of hydrogen-bond donors (Lipinski definition) is 1. The molecule has 1 rings (SSSR count). The summed E-state index contributed by atoms with van der Waals surface area (Å²) in [7, 11) is 0. The van der Waals surface area contributed by atoms with Crippen LogP contribution in [0, 0.1) is 0 Å². The van der Waals surface area contributed by atoms with E-state index in [2.05, 4.69) is 0 Å². The van der Waals surface area contributed by atoms with E-state index in [1.807, 2.05) is 18.2 Å². The molecule has 0 saturated heterocycles. The van der Waals surface area contributed by atoms with Crippen LogP contribution in [-0.4, -0.2) is 35.0 Å². The standard InChI is InChI=1S/C8H8O2.Sn.2H/c9-8(10)6-7-4-2-1-3-5-7;;;/h1-5H,6H2,(H,9,10);;;. The third kappa shape index (κ3) is 4.03. The van der Waals surface area contributed by atoms with Crippen molar-refractivity contribution in [2.75, 3.05) is 0 Å². The van der Waals surface area contributed by atoms with Crippen LogP contribution in [0.1, 0.15) is 5.56 Å². The van der Waals surface area contributed by atoms with E-state index in [-0.39, 0.29) is 30.3 Å². The van der Waals surface area contributed by atoms with Gasteiger partial charge in [-0.2, -0.15) is 0 Å². The summed E-state index contributed by atoms with van der Waals surface area (Å²) < 4.78 is 0. The summed E-state index contributed by atoms with van der Waals surface area (Å²) in [5.41, 5.74) is 0.843. The molecule has 0 heterocycles. The van der Waals surface area contributed by atoms with E-state index in [1.54, 1.807) is 12.1 Å². The van der Waals surface area contributed by atoms with Gasteiger partial charge in [0.15, 0.2) is 0 Å². The van der Waals surface area contributed by atoms with Crippen molar-refractivity contribution in [1.29, 1.82) is 0 Å². The van der Waals surface area contributed by atoms with Crippen molar-refractivity contribution < 1.29 is 9.90 Å². The molecule has 0 atom stereocenters. The molecular formula is C8H10O2Sn. The van der Waals surface area contributed by atoms with Crippen LogP contribution in [0.3, 0.4) is 0 Å². The normalized spacial score (nSPS) is 8.36. The van der Waals surface area contributed by atoms with Crippen LogP contribution in [0.4, 0.5) is 0 Å². The molecule has 11 heavy (non-hydrogen) atoms. The van der Waals surface area contributed by atoms with Crippen LogP contribution < -0.4 is 0 Å². The zero-order chi connectivity index (χ0) is 7.40. The average Bonchev–Trinajstić information content (AvgIpc) is 1.88. The topological polar surface area (TPSA) is 37.3 Å². The zero-order valence-electron chi connectivity index (χ0n) is 6.16. The van der Waals surface area contributed by atoms with E-state index in [0.717, 1.165) is 5.56 Å². The fraction of sp³-hybridized carbons (Fsp3) is 0.125. The molecule has 0 bridgehead atoms. The molecule has 0 amide bonds. The Morgan fingerprint density at radius 3 is 2.27 bits per heavy atom. The first kappa shape index (κ1) is 10.5.